The second-order valence-corrected chi connectivity index (χ2v) is 1.83. The first-order chi connectivity index (χ1) is 5.00. The van der Waals surface area contributed by atoms with Gasteiger partial charge in [0.2, 0.25) is 0 Å². The highest BCUT2D eigenvalue weighted by molar-refractivity contribution is 5.89. The van der Waals surface area contributed by atoms with Crippen LogP contribution in [0.15, 0.2) is 0 Å². The number of aliphatic hydroxyl groups is 3. The van der Waals surface area contributed by atoms with Crippen molar-refractivity contribution in [1.82, 2.24) is 0 Å². The average Bonchev–Trinajstić information content (AvgIpc) is 2.00. The Balaban J connectivity index is 4.12. The van der Waals surface area contributed by atoms with Crippen molar-refractivity contribution in [2.24, 2.45) is 0 Å². The molecule has 6 heteroatoms. The van der Waals surface area contributed by atoms with Crippen LogP contribution in [0.4, 0.5) is 0 Å². The predicted molar refractivity (Wildman–Crippen MR) is 29.1 cm³/mol. The molecule has 0 heterocycles. The molecule has 2 atom stereocenters. The second-order valence-electron chi connectivity index (χ2n) is 1.83. The SMILES string of the molecule is O=C([O-])C(O)C(O)C(=O)CO. The average molecular weight is 163 g/mol. The van der Waals surface area contributed by atoms with E-state index in [0.717, 1.165) is 0 Å². The Kier molecular flexibility index (Phi) is 3.66. The number of aliphatic carboxylic acids is 1. The quantitative estimate of drug-likeness (QED) is 0.389. The molecule has 0 aromatic carbocycles. The van der Waals surface area contributed by atoms with Gasteiger partial charge < -0.3 is 25.2 Å². The van der Waals surface area contributed by atoms with Gasteiger partial charge in [0.05, 0.1) is 5.97 Å². The molecule has 0 aliphatic rings. The Morgan fingerprint density at radius 1 is 1.27 bits per heavy atom. The molecule has 0 amide bonds. The van der Waals surface area contributed by atoms with Gasteiger partial charge in [-0.05, 0) is 0 Å². The smallest absolute Gasteiger partial charge is 0.189 e. The zero-order valence-corrected chi connectivity index (χ0v) is 5.43. The van der Waals surface area contributed by atoms with E-state index in [1.54, 1.807) is 0 Å². The number of carboxylic acid groups (broad SMARTS) is 1. The van der Waals surface area contributed by atoms with E-state index in [1.807, 2.05) is 0 Å². The van der Waals surface area contributed by atoms with E-state index in [9.17, 15) is 14.7 Å². The number of rotatable bonds is 4. The third-order valence-corrected chi connectivity index (χ3v) is 1.03. The van der Waals surface area contributed by atoms with Crippen molar-refractivity contribution in [3.05, 3.63) is 0 Å². The van der Waals surface area contributed by atoms with Gasteiger partial charge in [-0.3, -0.25) is 4.79 Å². The third kappa shape index (κ3) is 2.62. The van der Waals surface area contributed by atoms with E-state index in [0.29, 0.717) is 0 Å². The molecular weight excluding hydrogens is 156 g/mol. The monoisotopic (exact) mass is 163 g/mol. The number of hydrogen-bond acceptors (Lipinski definition) is 6. The first-order valence-electron chi connectivity index (χ1n) is 2.71. The van der Waals surface area contributed by atoms with Gasteiger partial charge in [-0.2, -0.15) is 0 Å². The van der Waals surface area contributed by atoms with Crippen molar-refractivity contribution in [1.29, 1.82) is 0 Å². The molecule has 3 N–H and O–H groups in total. The number of Topliss-reactive ketones (excluding diaryl/α,β-unsaturated/α-hetero) is 1. The van der Waals surface area contributed by atoms with Gasteiger partial charge in [0.25, 0.3) is 0 Å². The number of carbonyl (C=O) groups is 2. The zero-order valence-electron chi connectivity index (χ0n) is 5.43. The standard InChI is InChI=1S/C5H8O6/c6-1-2(7)3(8)4(9)5(10)11/h3-4,6,8-9H,1H2,(H,10,11)/p-1. The van der Waals surface area contributed by atoms with Crippen molar-refractivity contribution in [3.63, 3.8) is 0 Å². The molecule has 0 rings (SSSR count). The molecule has 0 aromatic heterocycles. The lowest BCUT2D eigenvalue weighted by Crippen LogP contribution is -2.47. The highest BCUT2D eigenvalue weighted by Crippen LogP contribution is 1.93. The molecule has 11 heavy (non-hydrogen) atoms. The van der Waals surface area contributed by atoms with Crippen LogP contribution in [0.5, 0.6) is 0 Å². The van der Waals surface area contributed by atoms with Gasteiger partial charge in [0.1, 0.15) is 18.8 Å². The Hall–Kier alpha value is -0.980. The minimum absolute atomic E-state index is 1.02. The lowest BCUT2D eigenvalue weighted by molar-refractivity contribution is -0.317. The molecular formula is C5H7O6-. The summed E-state index contributed by atoms with van der Waals surface area (Å²) in [7, 11) is 0. The molecule has 0 saturated carbocycles. The van der Waals surface area contributed by atoms with Crippen LogP contribution in [0.25, 0.3) is 0 Å². The van der Waals surface area contributed by atoms with Crippen molar-refractivity contribution < 1.29 is 30.0 Å². The van der Waals surface area contributed by atoms with Gasteiger partial charge in [0, 0.05) is 0 Å². The highest BCUT2D eigenvalue weighted by atomic mass is 16.4. The molecule has 0 radical (unpaired) electrons. The minimum Gasteiger partial charge on any atom is -0.547 e. The Morgan fingerprint density at radius 2 is 1.73 bits per heavy atom. The summed E-state index contributed by atoms with van der Waals surface area (Å²) in [5.74, 6) is -3.12. The van der Waals surface area contributed by atoms with Crippen LogP contribution in [0, 0.1) is 0 Å². The minimum atomic E-state index is -2.28. The van der Waals surface area contributed by atoms with E-state index < -0.39 is 30.6 Å². The Labute approximate surface area is 61.7 Å². The van der Waals surface area contributed by atoms with Crippen LogP contribution >= 0.6 is 0 Å². The van der Waals surface area contributed by atoms with E-state index in [4.69, 9.17) is 15.3 Å². The fourth-order valence-electron chi connectivity index (χ4n) is 0.399. The molecule has 6 nitrogen and oxygen atoms in total. The normalized spacial score (nSPS) is 15.5. The van der Waals surface area contributed by atoms with E-state index in [2.05, 4.69) is 0 Å². The molecule has 2 unspecified atom stereocenters. The number of hydrogen-bond donors (Lipinski definition) is 3. The van der Waals surface area contributed by atoms with Crippen LogP contribution in [0.2, 0.25) is 0 Å². The summed E-state index contributed by atoms with van der Waals surface area (Å²) in [6, 6.07) is 0. The summed E-state index contributed by atoms with van der Waals surface area (Å²) < 4.78 is 0. The topological polar surface area (TPSA) is 118 Å². The molecule has 0 fully saturated rings. The molecule has 0 bridgehead atoms. The summed E-state index contributed by atoms with van der Waals surface area (Å²) in [4.78, 5) is 20.1. The van der Waals surface area contributed by atoms with Crippen LogP contribution in [-0.2, 0) is 9.59 Å². The number of ketones is 1. The predicted octanol–water partition coefficient (Wildman–Crippen LogP) is -3.98. The number of carboxylic acids is 1. The molecule has 0 spiro atoms. The maximum atomic E-state index is 10.3. The van der Waals surface area contributed by atoms with E-state index in [-0.39, 0.29) is 0 Å². The van der Waals surface area contributed by atoms with Gasteiger partial charge >= 0.3 is 0 Å². The number of carbonyl (C=O) groups excluding carboxylic acids is 2. The van der Waals surface area contributed by atoms with Crippen LogP contribution in [0.1, 0.15) is 0 Å². The van der Waals surface area contributed by atoms with Crippen molar-refractivity contribution in [2.45, 2.75) is 12.2 Å². The first-order valence-corrected chi connectivity index (χ1v) is 2.71. The molecule has 0 aromatic rings. The summed E-state index contributed by atoms with van der Waals surface area (Å²) in [5, 5.41) is 34.9. The van der Waals surface area contributed by atoms with Crippen LogP contribution in [-0.4, -0.2) is 45.9 Å². The molecule has 0 aliphatic heterocycles. The van der Waals surface area contributed by atoms with Gasteiger partial charge in [-0.25, -0.2) is 0 Å². The van der Waals surface area contributed by atoms with Crippen LogP contribution < -0.4 is 5.11 Å². The Morgan fingerprint density at radius 3 is 2.00 bits per heavy atom. The summed E-state index contributed by atoms with van der Waals surface area (Å²) in [6.45, 7) is -1.02. The van der Waals surface area contributed by atoms with Crippen molar-refractivity contribution >= 4 is 11.8 Å². The lowest BCUT2D eigenvalue weighted by Gasteiger charge is -2.15. The van der Waals surface area contributed by atoms with Crippen LogP contribution in [0.3, 0.4) is 0 Å². The lowest BCUT2D eigenvalue weighted by atomic mass is 10.1. The van der Waals surface area contributed by atoms with Crippen molar-refractivity contribution in [3.8, 4) is 0 Å². The van der Waals surface area contributed by atoms with E-state index in [1.165, 1.54) is 0 Å². The largest absolute Gasteiger partial charge is 0.547 e. The summed E-state index contributed by atoms with van der Waals surface area (Å²) in [5.41, 5.74) is 0. The van der Waals surface area contributed by atoms with Crippen molar-refractivity contribution in [2.75, 3.05) is 6.61 Å². The highest BCUT2D eigenvalue weighted by Gasteiger charge is 2.23. The maximum Gasteiger partial charge on any atom is 0.189 e. The molecule has 0 saturated heterocycles. The maximum absolute atomic E-state index is 10.3. The van der Waals surface area contributed by atoms with E-state index >= 15 is 0 Å². The second kappa shape index (κ2) is 4.02. The Bertz CT molecular complexity index is 164. The third-order valence-electron chi connectivity index (χ3n) is 1.03. The zero-order chi connectivity index (χ0) is 9.02. The first kappa shape index (κ1) is 10.0. The fraction of sp³-hybridized carbons (Fsp3) is 0.600. The van der Waals surface area contributed by atoms with Gasteiger partial charge in [-0.15, -0.1) is 0 Å². The van der Waals surface area contributed by atoms with Gasteiger partial charge in [0.15, 0.2) is 5.78 Å². The van der Waals surface area contributed by atoms with Gasteiger partial charge in [-0.1, -0.05) is 0 Å². The summed E-state index contributed by atoms with van der Waals surface area (Å²) in [6.07, 6.45) is -4.40. The number of aliphatic hydroxyl groups excluding tert-OH is 3. The fourth-order valence-corrected chi connectivity index (χ4v) is 0.399. The molecule has 64 valence electrons. The summed E-state index contributed by atoms with van der Waals surface area (Å²) >= 11 is 0. The molecule has 0 aliphatic carbocycles.